The summed E-state index contributed by atoms with van der Waals surface area (Å²) in [6.07, 6.45) is 1.79. The molecule has 1 unspecified atom stereocenters. The lowest BCUT2D eigenvalue weighted by molar-refractivity contribution is -0.123. The minimum absolute atomic E-state index is 0.0557. The Labute approximate surface area is 131 Å². The van der Waals surface area contributed by atoms with Crippen LogP contribution >= 0.6 is 11.6 Å². The number of carbonyl (C=O) groups excluding carboxylic acids is 1. The topological polar surface area (TPSA) is 50.4 Å². The number of fused-ring (bicyclic) bond motifs is 1. The average Bonchev–Trinajstić information content (AvgIpc) is 2.45. The van der Waals surface area contributed by atoms with Crippen LogP contribution in [-0.2, 0) is 22.5 Å². The summed E-state index contributed by atoms with van der Waals surface area (Å²) in [4.78, 5) is 12.1. The standard InChI is InChI=1S/C16H23ClN2O2/c1-11(2)21-7-3-6-18-16(20)15-9-12-4-5-14(17)8-13(12)10-19-15/h4-5,8,11,15,19H,3,6-7,9-10H2,1-2H3,(H,18,20). The van der Waals surface area contributed by atoms with Crippen molar-refractivity contribution in [1.82, 2.24) is 10.6 Å². The van der Waals surface area contributed by atoms with E-state index in [0.717, 1.165) is 11.4 Å². The van der Waals surface area contributed by atoms with Gasteiger partial charge in [-0.15, -0.1) is 0 Å². The molecule has 1 aliphatic heterocycles. The molecule has 4 nitrogen and oxygen atoms in total. The van der Waals surface area contributed by atoms with Gasteiger partial charge in [0.25, 0.3) is 0 Å². The predicted octanol–water partition coefficient (Wildman–Crippen LogP) is 2.29. The molecule has 0 radical (unpaired) electrons. The van der Waals surface area contributed by atoms with Gasteiger partial charge in [0.2, 0.25) is 5.91 Å². The monoisotopic (exact) mass is 310 g/mol. The van der Waals surface area contributed by atoms with Gasteiger partial charge in [-0.1, -0.05) is 17.7 Å². The van der Waals surface area contributed by atoms with Gasteiger partial charge in [-0.25, -0.2) is 0 Å². The van der Waals surface area contributed by atoms with Crippen LogP contribution in [0.4, 0.5) is 0 Å². The maximum atomic E-state index is 12.1. The Hall–Kier alpha value is -1.10. The minimum Gasteiger partial charge on any atom is -0.379 e. The average molecular weight is 311 g/mol. The van der Waals surface area contributed by atoms with Gasteiger partial charge in [-0.2, -0.15) is 0 Å². The van der Waals surface area contributed by atoms with Gasteiger partial charge in [0, 0.05) is 24.7 Å². The summed E-state index contributed by atoms with van der Waals surface area (Å²) in [6, 6.07) is 5.69. The van der Waals surface area contributed by atoms with Gasteiger partial charge in [-0.05, 0) is 49.9 Å². The number of halogens is 1. The Morgan fingerprint density at radius 3 is 3.05 bits per heavy atom. The maximum absolute atomic E-state index is 12.1. The van der Waals surface area contributed by atoms with E-state index in [-0.39, 0.29) is 18.1 Å². The molecule has 1 aromatic rings. The van der Waals surface area contributed by atoms with Crippen molar-refractivity contribution in [2.24, 2.45) is 0 Å². The molecule has 2 rings (SSSR count). The van der Waals surface area contributed by atoms with Crippen molar-refractivity contribution < 1.29 is 9.53 Å². The summed E-state index contributed by atoms with van der Waals surface area (Å²) in [7, 11) is 0. The lowest BCUT2D eigenvalue weighted by Crippen LogP contribution is -2.47. The van der Waals surface area contributed by atoms with E-state index < -0.39 is 0 Å². The zero-order valence-electron chi connectivity index (χ0n) is 12.6. The van der Waals surface area contributed by atoms with Crippen LogP contribution in [0.1, 0.15) is 31.4 Å². The Morgan fingerprint density at radius 2 is 2.29 bits per heavy atom. The molecular formula is C16H23ClN2O2. The number of benzene rings is 1. The highest BCUT2D eigenvalue weighted by atomic mass is 35.5. The molecule has 1 atom stereocenters. The lowest BCUT2D eigenvalue weighted by atomic mass is 9.95. The van der Waals surface area contributed by atoms with Crippen molar-refractivity contribution in [2.75, 3.05) is 13.2 Å². The van der Waals surface area contributed by atoms with Crippen LogP contribution in [0.25, 0.3) is 0 Å². The van der Waals surface area contributed by atoms with Gasteiger partial charge < -0.3 is 15.4 Å². The van der Waals surface area contributed by atoms with Crippen LogP contribution in [0.5, 0.6) is 0 Å². The molecule has 0 saturated carbocycles. The summed E-state index contributed by atoms with van der Waals surface area (Å²) in [5.41, 5.74) is 2.37. The highest BCUT2D eigenvalue weighted by Crippen LogP contribution is 2.21. The SMILES string of the molecule is CC(C)OCCCNC(=O)C1Cc2ccc(Cl)cc2CN1. The van der Waals surface area contributed by atoms with Crippen LogP contribution in [0.3, 0.4) is 0 Å². The first-order valence-electron chi connectivity index (χ1n) is 7.46. The maximum Gasteiger partial charge on any atom is 0.237 e. The molecule has 0 fully saturated rings. The summed E-state index contributed by atoms with van der Waals surface area (Å²) < 4.78 is 5.45. The second kappa shape index (κ2) is 7.78. The molecule has 21 heavy (non-hydrogen) atoms. The molecule has 0 aliphatic carbocycles. The number of amides is 1. The molecule has 0 aromatic heterocycles. The van der Waals surface area contributed by atoms with Crippen molar-refractivity contribution in [1.29, 1.82) is 0 Å². The Morgan fingerprint density at radius 1 is 1.48 bits per heavy atom. The zero-order valence-corrected chi connectivity index (χ0v) is 13.4. The van der Waals surface area contributed by atoms with Crippen molar-refractivity contribution >= 4 is 17.5 Å². The fraction of sp³-hybridized carbons (Fsp3) is 0.562. The Kier molecular flexibility index (Phi) is 6.03. The van der Waals surface area contributed by atoms with Crippen LogP contribution in [0.2, 0.25) is 5.02 Å². The predicted molar refractivity (Wildman–Crippen MR) is 84.5 cm³/mol. The van der Waals surface area contributed by atoms with E-state index in [2.05, 4.69) is 10.6 Å². The van der Waals surface area contributed by atoms with E-state index in [4.69, 9.17) is 16.3 Å². The highest BCUT2D eigenvalue weighted by molar-refractivity contribution is 6.30. The van der Waals surface area contributed by atoms with E-state index in [1.165, 1.54) is 11.1 Å². The molecule has 2 N–H and O–H groups in total. The largest absolute Gasteiger partial charge is 0.379 e. The van der Waals surface area contributed by atoms with E-state index in [1.807, 2.05) is 32.0 Å². The quantitative estimate of drug-likeness (QED) is 0.793. The molecule has 1 amide bonds. The van der Waals surface area contributed by atoms with Crippen LogP contribution < -0.4 is 10.6 Å². The molecule has 1 heterocycles. The first-order valence-corrected chi connectivity index (χ1v) is 7.84. The third-order valence-corrected chi connectivity index (χ3v) is 3.75. The number of carbonyl (C=O) groups is 1. The first kappa shape index (κ1) is 16.3. The number of hydrogen-bond acceptors (Lipinski definition) is 3. The summed E-state index contributed by atoms with van der Waals surface area (Å²) in [6.45, 7) is 6.03. The summed E-state index contributed by atoms with van der Waals surface area (Å²) in [5.74, 6) is 0.0557. The van der Waals surface area contributed by atoms with Crippen molar-refractivity contribution in [3.8, 4) is 0 Å². The van der Waals surface area contributed by atoms with Gasteiger partial charge in [0.15, 0.2) is 0 Å². The summed E-state index contributed by atoms with van der Waals surface area (Å²) in [5, 5.41) is 6.96. The molecule has 0 saturated heterocycles. The molecule has 5 heteroatoms. The smallest absolute Gasteiger partial charge is 0.237 e. The van der Waals surface area contributed by atoms with Gasteiger partial charge >= 0.3 is 0 Å². The number of hydrogen-bond donors (Lipinski definition) is 2. The Bertz CT molecular complexity index is 491. The minimum atomic E-state index is -0.162. The van der Waals surface area contributed by atoms with Crippen LogP contribution in [0.15, 0.2) is 18.2 Å². The van der Waals surface area contributed by atoms with Crippen molar-refractivity contribution in [3.63, 3.8) is 0 Å². The molecule has 1 aromatic carbocycles. The zero-order chi connectivity index (χ0) is 15.2. The van der Waals surface area contributed by atoms with E-state index >= 15 is 0 Å². The van der Waals surface area contributed by atoms with Crippen molar-refractivity contribution in [3.05, 3.63) is 34.3 Å². The van der Waals surface area contributed by atoms with Gasteiger partial charge in [0.05, 0.1) is 12.1 Å². The second-order valence-electron chi connectivity index (χ2n) is 5.61. The highest BCUT2D eigenvalue weighted by Gasteiger charge is 2.23. The van der Waals surface area contributed by atoms with E-state index in [1.54, 1.807) is 0 Å². The molecule has 1 aliphatic rings. The van der Waals surface area contributed by atoms with E-state index in [0.29, 0.717) is 26.1 Å². The number of nitrogens with one attached hydrogen (secondary N) is 2. The molecule has 0 bridgehead atoms. The normalized spacial score (nSPS) is 17.6. The molecule has 116 valence electrons. The third kappa shape index (κ3) is 4.99. The van der Waals surface area contributed by atoms with Gasteiger partial charge in [-0.3, -0.25) is 4.79 Å². The number of ether oxygens (including phenoxy) is 1. The second-order valence-corrected chi connectivity index (χ2v) is 6.05. The Balaban J connectivity index is 1.76. The fourth-order valence-electron chi connectivity index (χ4n) is 2.39. The van der Waals surface area contributed by atoms with Crippen molar-refractivity contribution in [2.45, 2.75) is 45.4 Å². The first-order chi connectivity index (χ1) is 10.1. The number of rotatable bonds is 6. The molecular weight excluding hydrogens is 288 g/mol. The van der Waals surface area contributed by atoms with Crippen LogP contribution in [0, 0.1) is 0 Å². The molecule has 0 spiro atoms. The summed E-state index contributed by atoms with van der Waals surface area (Å²) >= 11 is 5.98. The van der Waals surface area contributed by atoms with Crippen LogP contribution in [-0.4, -0.2) is 31.2 Å². The van der Waals surface area contributed by atoms with E-state index in [9.17, 15) is 4.79 Å². The fourth-order valence-corrected chi connectivity index (χ4v) is 2.59. The lowest BCUT2D eigenvalue weighted by Gasteiger charge is -2.25. The van der Waals surface area contributed by atoms with Gasteiger partial charge in [0.1, 0.15) is 0 Å². The third-order valence-electron chi connectivity index (χ3n) is 3.52.